The third kappa shape index (κ3) is 6.41. The summed E-state index contributed by atoms with van der Waals surface area (Å²) in [7, 11) is -4.14. The fraction of sp³-hybridized carbons (Fsp3) is 0.389. The van der Waals surface area contributed by atoms with Crippen LogP contribution in [0.1, 0.15) is 9.88 Å². The maximum atomic E-state index is 12.8. The summed E-state index contributed by atoms with van der Waals surface area (Å²) in [6.45, 7) is 0.0977. The summed E-state index contributed by atoms with van der Waals surface area (Å²) in [6.07, 6.45) is 0.164. The van der Waals surface area contributed by atoms with Crippen molar-refractivity contribution >= 4 is 74.1 Å². The van der Waals surface area contributed by atoms with Crippen molar-refractivity contribution in [2.24, 2.45) is 0 Å². The monoisotopic (exact) mass is 577 g/mol. The van der Waals surface area contributed by atoms with Gasteiger partial charge in [-0.15, -0.1) is 33.3 Å². The average Bonchev–Trinajstić information content (AvgIpc) is 3.46. The van der Waals surface area contributed by atoms with E-state index < -0.39 is 39.3 Å². The van der Waals surface area contributed by atoms with E-state index in [0.717, 1.165) is 4.88 Å². The summed E-state index contributed by atoms with van der Waals surface area (Å²) < 4.78 is 30.8. The summed E-state index contributed by atoms with van der Waals surface area (Å²) in [5, 5.41) is 24.9. The van der Waals surface area contributed by atoms with Crippen LogP contribution in [0.3, 0.4) is 0 Å². The molecule has 4 rings (SSSR count). The van der Waals surface area contributed by atoms with E-state index in [9.17, 15) is 27.9 Å². The molecular weight excluding hydrogens is 559 g/mol. The van der Waals surface area contributed by atoms with Crippen molar-refractivity contribution in [1.82, 2.24) is 25.7 Å². The number of carboxylic acid groups (broad SMARTS) is 1. The highest BCUT2D eigenvalue weighted by Crippen LogP contribution is 2.41. The molecular formula is C18H19N5O7S5. The first kappa shape index (κ1) is 26.1. The van der Waals surface area contributed by atoms with Crippen LogP contribution in [0.4, 0.5) is 0 Å². The molecule has 1 saturated heterocycles. The van der Waals surface area contributed by atoms with Crippen LogP contribution in [-0.2, 0) is 37.5 Å². The first-order valence-electron chi connectivity index (χ1n) is 9.95. The van der Waals surface area contributed by atoms with Gasteiger partial charge in [-0.25, -0.2) is 4.79 Å². The quantitative estimate of drug-likeness (QED) is 0.166. The van der Waals surface area contributed by atoms with Gasteiger partial charge in [-0.2, -0.15) is 8.42 Å². The molecule has 17 heteroatoms. The highest BCUT2D eigenvalue weighted by atomic mass is 32.2. The fourth-order valence-corrected chi connectivity index (χ4v) is 7.81. The predicted molar refractivity (Wildman–Crippen MR) is 132 cm³/mol. The summed E-state index contributed by atoms with van der Waals surface area (Å²) in [6, 6.07) is 2.91. The van der Waals surface area contributed by atoms with E-state index in [1.54, 1.807) is 0 Å². The zero-order valence-corrected chi connectivity index (χ0v) is 21.8. The number of thioether (sulfide) groups is 2. The minimum atomic E-state index is -4.14. The molecule has 12 nitrogen and oxygen atoms in total. The highest BCUT2D eigenvalue weighted by Gasteiger charge is 2.54. The van der Waals surface area contributed by atoms with Gasteiger partial charge in [0, 0.05) is 16.4 Å². The van der Waals surface area contributed by atoms with Crippen molar-refractivity contribution in [2.45, 2.75) is 28.7 Å². The Hall–Kier alpha value is -2.02. The molecule has 1 unspecified atom stereocenters. The van der Waals surface area contributed by atoms with Gasteiger partial charge in [0.25, 0.3) is 16.0 Å². The number of nitrogens with one attached hydrogen (secondary N) is 2. The lowest BCUT2D eigenvalue weighted by Crippen LogP contribution is -2.70. The van der Waals surface area contributed by atoms with Crippen molar-refractivity contribution in [3.05, 3.63) is 38.7 Å². The molecule has 188 valence electrons. The Kier molecular flexibility index (Phi) is 8.14. The van der Waals surface area contributed by atoms with Gasteiger partial charge in [-0.05, 0) is 17.0 Å². The second-order valence-electron chi connectivity index (χ2n) is 7.37. The summed E-state index contributed by atoms with van der Waals surface area (Å²) in [5.74, 6) is -1.91. The lowest BCUT2D eigenvalue weighted by atomic mass is 10.0. The Balaban J connectivity index is 1.36. The molecule has 2 aromatic heterocycles. The third-order valence-corrected chi connectivity index (χ3v) is 9.79. The molecule has 2 aromatic rings. The molecule has 4 N–H and O–H groups in total. The van der Waals surface area contributed by atoms with Crippen LogP contribution in [-0.4, -0.2) is 79.8 Å². The molecule has 4 heterocycles. The van der Waals surface area contributed by atoms with Gasteiger partial charge in [0.15, 0.2) is 4.34 Å². The summed E-state index contributed by atoms with van der Waals surface area (Å²) in [5.41, 5.74) is 0.483. The number of aromatic nitrogens is 2. The lowest BCUT2D eigenvalue weighted by molar-refractivity contribution is -0.150. The number of β-lactam (4-membered cyclic amide) rings is 1. The number of rotatable bonds is 11. The maximum absolute atomic E-state index is 12.8. The Labute approximate surface area is 216 Å². The van der Waals surface area contributed by atoms with Gasteiger partial charge in [0.1, 0.15) is 28.0 Å². The van der Waals surface area contributed by atoms with Crippen molar-refractivity contribution in [1.29, 1.82) is 0 Å². The number of fused-ring (bicyclic) bond motifs is 1. The lowest BCUT2D eigenvalue weighted by Gasteiger charge is -2.49. The van der Waals surface area contributed by atoms with Crippen LogP contribution in [0.2, 0.25) is 0 Å². The largest absolute Gasteiger partial charge is 0.477 e. The van der Waals surface area contributed by atoms with Crippen LogP contribution in [0.5, 0.6) is 0 Å². The smallest absolute Gasteiger partial charge is 0.352 e. The molecule has 2 aliphatic heterocycles. The molecule has 0 aromatic carbocycles. The second-order valence-corrected chi connectivity index (χ2v) is 13.2. The number of carbonyl (C=O) groups excluding carboxylic acids is 2. The maximum Gasteiger partial charge on any atom is 0.352 e. The molecule has 1 fully saturated rings. The first-order chi connectivity index (χ1) is 16.6. The molecule has 2 amide bonds. The predicted octanol–water partition coefficient (Wildman–Crippen LogP) is 0.608. The number of hydrogen-bond acceptors (Lipinski definition) is 12. The molecule has 0 bridgehead atoms. The Bertz CT molecular complexity index is 1260. The van der Waals surface area contributed by atoms with E-state index in [4.69, 9.17) is 4.55 Å². The molecule has 2 aliphatic rings. The molecule has 0 radical (unpaired) electrons. The van der Waals surface area contributed by atoms with E-state index in [2.05, 4.69) is 20.8 Å². The van der Waals surface area contributed by atoms with Gasteiger partial charge in [0.05, 0.1) is 13.0 Å². The molecule has 0 spiro atoms. The zero-order chi connectivity index (χ0) is 25.2. The van der Waals surface area contributed by atoms with Gasteiger partial charge in [-0.1, -0.05) is 29.2 Å². The fourth-order valence-electron chi connectivity index (χ4n) is 3.39. The van der Waals surface area contributed by atoms with Crippen LogP contribution in [0.25, 0.3) is 0 Å². The number of aliphatic carboxylic acids is 1. The standard InChI is InChI=1S/C18H19N5O7S5/c24-11(4-10-2-1-3-31-10)20-13-15(25)23-14(17(26)27)9(6-32-16(13)23)7-33-18-22-21-12(34-18)5-19-8-35(28,29)30/h1-3,13,16,19H,4-8H2,(H,20,24)(H,26,27)(H,28,29,30)/t13?,16-/m0/s1. The van der Waals surface area contributed by atoms with Crippen molar-refractivity contribution in [3.8, 4) is 0 Å². The summed E-state index contributed by atoms with van der Waals surface area (Å²) >= 11 is 5.30. The molecule has 0 saturated carbocycles. The van der Waals surface area contributed by atoms with Crippen LogP contribution in [0, 0.1) is 0 Å². The SMILES string of the molecule is O=C(Cc1cccs1)NC1C(=O)N2C(C(=O)O)=C(CSc3nnc(CNCS(=O)(=O)O)s3)CS[C@@H]12. The van der Waals surface area contributed by atoms with Crippen LogP contribution < -0.4 is 10.6 Å². The summed E-state index contributed by atoms with van der Waals surface area (Å²) in [4.78, 5) is 39.2. The van der Waals surface area contributed by atoms with E-state index in [1.807, 2.05) is 17.5 Å². The number of carbonyl (C=O) groups is 3. The van der Waals surface area contributed by atoms with E-state index in [0.29, 0.717) is 20.7 Å². The highest BCUT2D eigenvalue weighted by molar-refractivity contribution is 8.01. The van der Waals surface area contributed by atoms with Crippen LogP contribution >= 0.6 is 46.2 Å². The average molecular weight is 578 g/mol. The van der Waals surface area contributed by atoms with Gasteiger partial charge < -0.3 is 10.4 Å². The van der Waals surface area contributed by atoms with E-state index in [1.165, 1.54) is 51.1 Å². The number of amides is 2. The third-order valence-electron chi connectivity index (χ3n) is 4.86. The number of nitrogens with zero attached hydrogens (tertiary/aromatic N) is 3. The number of hydrogen-bond donors (Lipinski definition) is 4. The van der Waals surface area contributed by atoms with Crippen molar-refractivity contribution in [2.75, 3.05) is 17.4 Å². The van der Waals surface area contributed by atoms with Gasteiger partial charge >= 0.3 is 5.97 Å². The Morgan fingerprint density at radius 2 is 2.11 bits per heavy atom. The van der Waals surface area contributed by atoms with Crippen LogP contribution in [0.15, 0.2) is 33.1 Å². The number of thiophene rings is 1. The topological polar surface area (TPSA) is 179 Å². The zero-order valence-electron chi connectivity index (χ0n) is 17.7. The van der Waals surface area contributed by atoms with Gasteiger partial charge in [-0.3, -0.25) is 24.4 Å². The second kappa shape index (κ2) is 10.9. The minimum absolute atomic E-state index is 0.0745. The number of carboxylic acids is 1. The molecule has 35 heavy (non-hydrogen) atoms. The molecule has 2 atom stereocenters. The van der Waals surface area contributed by atoms with E-state index in [-0.39, 0.29) is 30.3 Å². The van der Waals surface area contributed by atoms with E-state index >= 15 is 0 Å². The van der Waals surface area contributed by atoms with Gasteiger partial charge in [0.2, 0.25) is 5.91 Å². The Morgan fingerprint density at radius 3 is 2.80 bits per heavy atom. The van der Waals surface area contributed by atoms with Crippen molar-refractivity contribution in [3.63, 3.8) is 0 Å². The normalized spacial score (nSPS) is 19.9. The van der Waals surface area contributed by atoms with Crippen molar-refractivity contribution < 1.29 is 32.5 Å². The minimum Gasteiger partial charge on any atom is -0.477 e. The molecule has 0 aliphatic carbocycles. The first-order valence-corrected chi connectivity index (χ1v) is 15.3. The Morgan fingerprint density at radius 1 is 1.31 bits per heavy atom.